The van der Waals surface area contributed by atoms with E-state index < -0.39 is 6.03 Å². The molecule has 20 heavy (non-hydrogen) atoms. The van der Waals surface area contributed by atoms with Gasteiger partial charge in [-0.1, -0.05) is 36.4 Å². The standard InChI is InChI=1S/C10H8S.C3H4N2.CH4N2O/c1-2-5-9(6-3-1)10-7-4-8-11-10;1-2-4-5-3-1;2-1(3)4/h1-8H;1-3H,(H,4,5);(H4,2,3,4). The summed E-state index contributed by atoms with van der Waals surface area (Å²) in [6.45, 7) is 0. The van der Waals surface area contributed by atoms with Crippen molar-refractivity contribution in [2.75, 3.05) is 0 Å². The fourth-order valence-corrected chi connectivity index (χ4v) is 1.99. The van der Waals surface area contributed by atoms with E-state index in [-0.39, 0.29) is 0 Å². The molecule has 2 heterocycles. The van der Waals surface area contributed by atoms with Crippen molar-refractivity contribution in [1.29, 1.82) is 0 Å². The van der Waals surface area contributed by atoms with Crippen LogP contribution in [0.4, 0.5) is 4.79 Å². The number of thiophene rings is 1. The first-order valence-electron chi connectivity index (χ1n) is 5.77. The summed E-state index contributed by atoms with van der Waals surface area (Å²) in [4.78, 5) is 10.3. The number of primary amides is 2. The number of H-pyrrole nitrogens is 1. The fourth-order valence-electron chi connectivity index (χ4n) is 1.26. The van der Waals surface area contributed by atoms with E-state index in [1.807, 2.05) is 12.1 Å². The Morgan fingerprint density at radius 1 is 1.05 bits per heavy atom. The van der Waals surface area contributed by atoms with Crippen LogP contribution in [-0.2, 0) is 0 Å². The third kappa shape index (κ3) is 6.97. The highest BCUT2D eigenvalue weighted by atomic mass is 32.1. The monoisotopic (exact) mass is 288 g/mol. The first kappa shape index (κ1) is 15.5. The summed E-state index contributed by atoms with van der Waals surface area (Å²) in [5.74, 6) is 0. The average molecular weight is 288 g/mol. The van der Waals surface area contributed by atoms with Gasteiger partial charge in [0.25, 0.3) is 0 Å². The molecule has 0 atom stereocenters. The maximum Gasteiger partial charge on any atom is 0.309 e. The van der Waals surface area contributed by atoms with Crippen LogP contribution in [0.1, 0.15) is 0 Å². The van der Waals surface area contributed by atoms with Crippen LogP contribution < -0.4 is 11.5 Å². The Morgan fingerprint density at radius 3 is 2.15 bits per heavy atom. The largest absolute Gasteiger partial charge is 0.352 e. The number of amides is 2. The van der Waals surface area contributed by atoms with E-state index in [0.717, 1.165) is 0 Å². The Kier molecular flexibility index (Phi) is 7.22. The topological polar surface area (TPSA) is 97.8 Å². The van der Waals surface area contributed by atoms with Crippen LogP contribution in [0.15, 0.2) is 66.3 Å². The van der Waals surface area contributed by atoms with Gasteiger partial charge in [0, 0.05) is 17.3 Å². The minimum atomic E-state index is -0.833. The van der Waals surface area contributed by atoms with E-state index >= 15 is 0 Å². The summed E-state index contributed by atoms with van der Waals surface area (Å²) in [6.07, 6.45) is 3.46. The molecule has 0 aliphatic rings. The predicted molar refractivity (Wildman–Crippen MR) is 82.1 cm³/mol. The van der Waals surface area contributed by atoms with Crippen molar-refractivity contribution >= 4 is 17.4 Å². The molecule has 0 unspecified atom stereocenters. The van der Waals surface area contributed by atoms with Gasteiger partial charge >= 0.3 is 6.03 Å². The summed E-state index contributed by atoms with van der Waals surface area (Å²) in [5, 5.41) is 8.31. The third-order valence-corrected chi connectivity index (χ3v) is 2.90. The Bertz CT molecular complexity index is 543. The van der Waals surface area contributed by atoms with E-state index in [1.165, 1.54) is 10.4 Å². The zero-order valence-electron chi connectivity index (χ0n) is 10.8. The van der Waals surface area contributed by atoms with Crippen molar-refractivity contribution in [3.05, 3.63) is 66.3 Å². The van der Waals surface area contributed by atoms with Crippen LogP contribution in [0.2, 0.25) is 0 Å². The van der Waals surface area contributed by atoms with Crippen LogP contribution in [-0.4, -0.2) is 16.2 Å². The van der Waals surface area contributed by atoms with E-state index in [9.17, 15) is 0 Å². The van der Waals surface area contributed by atoms with Gasteiger partial charge in [-0.05, 0) is 23.1 Å². The van der Waals surface area contributed by atoms with Crippen LogP contribution in [0.25, 0.3) is 10.4 Å². The summed E-state index contributed by atoms with van der Waals surface area (Å²) < 4.78 is 0. The number of urea groups is 1. The Balaban J connectivity index is 0.000000185. The highest BCUT2D eigenvalue weighted by Crippen LogP contribution is 2.23. The molecule has 3 aromatic rings. The first-order chi connectivity index (χ1) is 9.70. The number of benzene rings is 1. The van der Waals surface area contributed by atoms with Gasteiger partial charge in [-0.2, -0.15) is 5.10 Å². The second-order valence-corrected chi connectivity index (χ2v) is 4.46. The van der Waals surface area contributed by atoms with Crippen molar-refractivity contribution in [3.8, 4) is 10.4 Å². The molecule has 0 spiro atoms. The van der Waals surface area contributed by atoms with Crippen molar-refractivity contribution in [2.45, 2.75) is 0 Å². The van der Waals surface area contributed by atoms with Crippen LogP contribution in [0, 0.1) is 0 Å². The van der Waals surface area contributed by atoms with E-state index in [4.69, 9.17) is 4.79 Å². The number of nitrogens with two attached hydrogens (primary N) is 2. The molecule has 0 aliphatic carbocycles. The number of nitrogens with zero attached hydrogens (tertiary/aromatic N) is 1. The molecule has 104 valence electrons. The van der Waals surface area contributed by atoms with Gasteiger partial charge in [0.1, 0.15) is 0 Å². The number of hydrogen-bond donors (Lipinski definition) is 3. The van der Waals surface area contributed by atoms with Crippen molar-refractivity contribution < 1.29 is 4.79 Å². The SMILES string of the molecule is NC(N)=O.c1ccc(-c2cccs2)cc1.c1cn[nH]c1. The smallest absolute Gasteiger partial charge is 0.309 e. The number of carbonyl (C=O) groups is 1. The van der Waals surface area contributed by atoms with Crippen LogP contribution in [0.3, 0.4) is 0 Å². The van der Waals surface area contributed by atoms with Gasteiger partial charge in [-0.25, -0.2) is 4.79 Å². The van der Waals surface area contributed by atoms with Gasteiger partial charge in [0.2, 0.25) is 0 Å². The number of aromatic amines is 1. The molecule has 2 aromatic heterocycles. The summed E-state index contributed by atoms with van der Waals surface area (Å²) >= 11 is 1.78. The zero-order valence-corrected chi connectivity index (χ0v) is 11.6. The molecule has 0 bridgehead atoms. The Hall–Kier alpha value is -2.60. The quantitative estimate of drug-likeness (QED) is 0.641. The van der Waals surface area contributed by atoms with Gasteiger partial charge < -0.3 is 11.5 Å². The molecule has 5 N–H and O–H groups in total. The van der Waals surface area contributed by atoms with Crippen LogP contribution in [0.5, 0.6) is 0 Å². The molecule has 3 rings (SSSR count). The molecule has 5 nitrogen and oxygen atoms in total. The second kappa shape index (κ2) is 9.35. The van der Waals surface area contributed by atoms with E-state index in [0.29, 0.717) is 0 Å². The molecule has 2 amide bonds. The fraction of sp³-hybridized carbons (Fsp3) is 0. The highest BCUT2D eigenvalue weighted by Gasteiger charge is 1.93. The number of rotatable bonds is 1. The molecule has 6 heteroatoms. The normalized spacial score (nSPS) is 8.60. The summed E-state index contributed by atoms with van der Waals surface area (Å²) in [6, 6.07) is 15.6. The lowest BCUT2D eigenvalue weighted by Gasteiger charge is -1.93. The molecular formula is C14H16N4OS. The molecule has 1 aromatic carbocycles. The molecule has 0 saturated heterocycles. The Labute approximate surface area is 121 Å². The minimum Gasteiger partial charge on any atom is -0.352 e. The van der Waals surface area contributed by atoms with Crippen molar-refractivity contribution in [3.63, 3.8) is 0 Å². The van der Waals surface area contributed by atoms with Crippen molar-refractivity contribution in [1.82, 2.24) is 10.2 Å². The second-order valence-electron chi connectivity index (χ2n) is 3.51. The maximum atomic E-state index is 9.00. The first-order valence-corrected chi connectivity index (χ1v) is 6.65. The molecule has 0 saturated carbocycles. The highest BCUT2D eigenvalue weighted by molar-refractivity contribution is 7.13. The van der Waals surface area contributed by atoms with Gasteiger partial charge in [0.05, 0.1) is 0 Å². The van der Waals surface area contributed by atoms with E-state index in [1.54, 1.807) is 23.7 Å². The van der Waals surface area contributed by atoms with Gasteiger partial charge in [-0.15, -0.1) is 11.3 Å². The minimum absolute atomic E-state index is 0.833. The lowest BCUT2D eigenvalue weighted by atomic mass is 10.2. The number of hydrogen-bond acceptors (Lipinski definition) is 3. The summed E-state index contributed by atoms with van der Waals surface area (Å²) in [7, 11) is 0. The number of nitrogens with one attached hydrogen (secondary N) is 1. The molecule has 0 radical (unpaired) electrons. The summed E-state index contributed by atoms with van der Waals surface area (Å²) in [5.41, 5.74) is 9.81. The molecular weight excluding hydrogens is 272 g/mol. The maximum absolute atomic E-state index is 9.00. The third-order valence-electron chi connectivity index (χ3n) is 1.99. The van der Waals surface area contributed by atoms with Crippen LogP contribution >= 0.6 is 11.3 Å². The zero-order chi connectivity index (χ0) is 14.6. The van der Waals surface area contributed by atoms with Gasteiger partial charge in [-0.3, -0.25) is 5.10 Å². The Morgan fingerprint density at radius 2 is 1.75 bits per heavy atom. The molecule has 0 aliphatic heterocycles. The lowest BCUT2D eigenvalue weighted by molar-refractivity contribution is 0.256. The van der Waals surface area contributed by atoms with Gasteiger partial charge in [0.15, 0.2) is 0 Å². The van der Waals surface area contributed by atoms with E-state index in [2.05, 4.69) is 63.4 Å². The average Bonchev–Trinajstić information content (AvgIpc) is 3.16. The van der Waals surface area contributed by atoms with Crippen molar-refractivity contribution in [2.24, 2.45) is 11.5 Å². The number of aromatic nitrogens is 2. The number of carbonyl (C=O) groups excluding carboxylic acids is 1. The molecule has 0 fully saturated rings. The predicted octanol–water partition coefficient (Wildman–Crippen LogP) is 2.85. The lowest BCUT2D eigenvalue weighted by Crippen LogP contribution is -2.18.